The van der Waals surface area contributed by atoms with Crippen LogP contribution in [0.1, 0.15) is 24.2 Å². The van der Waals surface area contributed by atoms with Crippen LogP contribution in [0.3, 0.4) is 0 Å². The molecule has 1 aromatic carbocycles. The van der Waals surface area contributed by atoms with Gasteiger partial charge in [-0.15, -0.1) is 0 Å². The second-order valence-electron chi connectivity index (χ2n) is 4.70. The van der Waals surface area contributed by atoms with Crippen molar-refractivity contribution in [3.63, 3.8) is 0 Å². The Morgan fingerprint density at radius 3 is 2.55 bits per heavy atom. The van der Waals surface area contributed by atoms with Gasteiger partial charge < -0.3 is 14.8 Å². The Labute approximate surface area is 131 Å². The minimum absolute atomic E-state index is 0.0658. The Morgan fingerprint density at radius 2 is 2.00 bits per heavy atom. The van der Waals surface area contributed by atoms with Crippen molar-refractivity contribution in [1.29, 1.82) is 0 Å². The molecule has 0 bridgehead atoms. The maximum absolute atomic E-state index is 12.2. The number of hydrogen-bond donors (Lipinski definition) is 2. The molecule has 124 valence electrons. The number of sulfonamides is 1. The third kappa shape index (κ3) is 4.69. The summed E-state index contributed by atoms with van der Waals surface area (Å²) in [5.74, 6) is -0.192. The molecular formula is C14H22N2O5S. The summed E-state index contributed by atoms with van der Waals surface area (Å²) in [5, 5.41) is 2.73. The van der Waals surface area contributed by atoms with E-state index in [4.69, 9.17) is 9.47 Å². The Kier molecular flexibility index (Phi) is 6.79. The van der Waals surface area contributed by atoms with Crippen LogP contribution in [0.5, 0.6) is 5.75 Å². The molecule has 0 radical (unpaired) electrons. The van der Waals surface area contributed by atoms with Crippen LogP contribution in [0, 0.1) is 0 Å². The van der Waals surface area contributed by atoms with E-state index in [9.17, 15) is 13.2 Å². The standard InChI is InChI=1S/C14H22N2O5S/c1-5-15-22(18,19)13-8-11(6-7-12(13)21-4)14(17)16-10(2)9-20-3/h6-8,10,15H,5,9H2,1-4H3,(H,16,17). The highest BCUT2D eigenvalue weighted by Crippen LogP contribution is 2.24. The summed E-state index contributed by atoms with van der Waals surface area (Å²) in [6, 6.07) is 4.08. The number of hydrogen-bond acceptors (Lipinski definition) is 5. The van der Waals surface area contributed by atoms with Crippen molar-refractivity contribution in [3.8, 4) is 5.75 Å². The van der Waals surface area contributed by atoms with E-state index in [2.05, 4.69) is 10.0 Å². The van der Waals surface area contributed by atoms with Crippen LogP contribution in [0.2, 0.25) is 0 Å². The largest absolute Gasteiger partial charge is 0.495 e. The van der Waals surface area contributed by atoms with Gasteiger partial charge in [0.15, 0.2) is 0 Å². The maximum atomic E-state index is 12.2. The normalized spacial score (nSPS) is 12.7. The Morgan fingerprint density at radius 1 is 1.32 bits per heavy atom. The second-order valence-corrected chi connectivity index (χ2v) is 6.43. The topological polar surface area (TPSA) is 93.7 Å². The number of benzene rings is 1. The smallest absolute Gasteiger partial charge is 0.251 e. The zero-order chi connectivity index (χ0) is 16.8. The molecular weight excluding hydrogens is 308 g/mol. The van der Waals surface area contributed by atoms with E-state index in [-0.39, 0.29) is 34.7 Å². The zero-order valence-corrected chi connectivity index (χ0v) is 14.0. The lowest BCUT2D eigenvalue weighted by Gasteiger charge is -2.14. The molecule has 0 aliphatic carbocycles. The third-order valence-corrected chi connectivity index (χ3v) is 4.41. The van der Waals surface area contributed by atoms with Gasteiger partial charge in [-0.25, -0.2) is 13.1 Å². The molecule has 1 unspecified atom stereocenters. The second kappa shape index (κ2) is 8.11. The van der Waals surface area contributed by atoms with Gasteiger partial charge in [-0.1, -0.05) is 6.92 Å². The van der Waals surface area contributed by atoms with Gasteiger partial charge in [-0.2, -0.15) is 0 Å². The van der Waals surface area contributed by atoms with Gasteiger partial charge in [0.1, 0.15) is 10.6 Å². The number of rotatable bonds is 8. The monoisotopic (exact) mass is 330 g/mol. The van der Waals surface area contributed by atoms with Crippen molar-refractivity contribution >= 4 is 15.9 Å². The first-order valence-electron chi connectivity index (χ1n) is 6.83. The highest BCUT2D eigenvalue weighted by molar-refractivity contribution is 7.89. The van der Waals surface area contributed by atoms with Crippen LogP contribution >= 0.6 is 0 Å². The molecule has 0 saturated heterocycles. The summed E-state index contributed by atoms with van der Waals surface area (Å²) in [4.78, 5) is 12.1. The van der Waals surface area contributed by atoms with E-state index in [1.807, 2.05) is 0 Å². The van der Waals surface area contributed by atoms with Crippen LogP contribution < -0.4 is 14.8 Å². The van der Waals surface area contributed by atoms with Crippen molar-refractivity contribution in [3.05, 3.63) is 23.8 Å². The first-order chi connectivity index (χ1) is 10.4. The number of nitrogens with one attached hydrogen (secondary N) is 2. The molecule has 0 aliphatic rings. The average molecular weight is 330 g/mol. The van der Waals surface area contributed by atoms with E-state index in [1.165, 1.54) is 32.4 Å². The molecule has 7 nitrogen and oxygen atoms in total. The quantitative estimate of drug-likeness (QED) is 0.734. The fourth-order valence-corrected chi connectivity index (χ4v) is 3.13. The summed E-state index contributed by atoms with van der Waals surface area (Å²) in [7, 11) is -0.813. The average Bonchev–Trinajstić information content (AvgIpc) is 2.46. The van der Waals surface area contributed by atoms with Gasteiger partial charge >= 0.3 is 0 Å². The van der Waals surface area contributed by atoms with Crippen LogP contribution in [0.15, 0.2) is 23.1 Å². The Bertz CT molecular complexity index is 616. The van der Waals surface area contributed by atoms with Crippen molar-refractivity contribution in [2.45, 2.75) is 24.8 Å². The summed E-state index contributed by atoms with van der Waals surface area (Å²) in [5.41, 5.74) is 0.236. The number of methoxy groups -OCH3 is 2. The van der Waals surface area contributed by atoms with Gasteiger partial charge in [0.25, 0.3) is 5.91 Å². The molecule has 0 heterocycles. The summed E-state index contributed by atoms with van der Waals surface area (Å²) in [6.07, 6.45) is 0. The molecule has 2 N–H and O–H groups in total. The van der Waals surface area contributed by atoms with Crippen molar-refractivity contribution in [1.82, 2.24) is 10.0 Å². The number of carbonyl (C=O) groups excluding carboxylic acids is 1. The van der Waals surface area contributed by atoms with Crippen LogP contribution in [0.4, 0.5) is 0 Å². The lowest BCUT2D eigenvalue weighted by Crippen LogP contribution is -2.35. The predicted molar refractivity (Wildman–Crippen MR) is 82.7 cm³/mol. The van der Waals surface area contributed by atoms with Crippen LogP contribution in [0.25, 0.3) is 0 Å². The minimum atomic E-state index is -3.73. The van der Waals surface area contributed by atoms with E-state index in [0.29, 0.717) is 6.61 Å². The molecule has 0 spiro atoms. The van der Waals surface area contributed by atoms with E-state index < -0.39 is 10.0 Å². The van der Waals surface area contributed by atoms with Crippen LogP contribution in [-0.4, -0.2) is 47.7 Å². The molecule has 0 aliphatic heterocycles. The first kappa shape index (κ1) is 18.4. The predicted octanol–water partition coefficient (Wildman–Crippen LogP) is 0.758. The van der Waals surface area contributed by atoms with Gasteiger partial charge in [0, 0.05) is 25.3 Å². The SMILES string of the molecule is CCNS(=O)(=O)c1cc(C(=O)NC(C)COC)ccc1OC. The molecule has 1 amide bonds. The van der Waals surface area contributed by atoms with Crippen molar-refractivity contribution < 1.29 is 22.7 Å². The highest BCUT2D eigenvalue weighted by Gasteiger charge is 2.21. The van der Waals surface area contributed by atoms with Gasteiger partial charge in [-0.05, 0) is 25.1 Å². The molecule has 8 heteroatoms. The van der Waals surface area contributed by atoms with E-state index in [0.717, 1.165) is 0 Å². The molecule has 0 saturated carbocycles. The van der Waals surface area contributed by atoms with E-state index >= 15 is 0 Å². The van der Waals surface area contributed by atoms with Gasteiger partial charge in [-0.3, -0.25) is 4.79 Å². The molecule has 1 aromatic rings. The fourth-order valence-electron chi connectivity index (χ4n) is 1.89. The maximum Gasteiger partial charge on any atom is 0.251 e. The zero-order valence-electron chi connectivity index (χ0n) is 13.2. The Hall–Kier alpha value is -1.64. The minimum Gasteiger partial charge on any atom is -0.495 e. The molecule has 1 rings (SSSR count). The first-order valence-corrected chi connectivity index (χ1v) is 8.31. The highest BCUT2D eigenvalue weighted by atomic mass is 32.2. The van der Waals surface area contributed by atoms with Crippen LogP contribution in [-0.2, 0) is 14.8 Å². The Balaban J connectivity index is 3.12. The summed E-state index contributed by atoms with van der Waals surface area (Å²) >= 11 is 0. The number of carbonyl (C=O) groups is 1. The molecule has 1 atom stereocenters. The van der Waals surface area contributed by atoms with Gasteiger partial charge in [0.2, 0.25) is 10.0 Å². The third-order valence-electron chi connectivity index (χ3n) is 2.84. The number of amides is 1. The summed E-state index contributed by atoms with van der Waals surface area (Å²) in [6.45, 7) is 4.07. The van der Waals surface area contributed by atoms with E-state index in [1.54, 1.807) is 13.8 Å². The molecule has 0 aromatic heterocycles. The molecule has 0 fully saturated rings. The lowest BCUT2D eigenvalue weighted by atomic mass is 10.2. The van der Waals surface area contributed by atoms with Gasteiger partial charge in [0.05, 0.1) is 13.7 Å². The molecule has 22 heavy (non-hydrogen) atoms. The van der Waals surface area contributed by atoms with Crippen molar-refractivity contribution in [2.24, 2.45) is 0 Å². The lowest BCUT2D eigenvalue weighted by molar-refractivity contribution is 0.0905. The summed E-state index contributed by atoms with van der Waals surface area (Å²) < 4.78 is 36.7. The fraction of sp³-hybridized carbons (Fsp3) is 0.500. The number of ether oxygens (including phenoxy) is 2. The van der Waals surface area contributed by atoms with Crippen molar-refractivity contribution in [2.75, 3.05) is 27.4 Å².